The highest BCUT2D eigenvalue weighted by Crippen LogP contribution is 2.34. The van der Waals surface area contributed by atoms with E-state index in [0.29, 0.717) is 0 Å². The highest BCUT2D eigenvalue weighted by Gasteiger charge is 2.36. The first kappa shape index (κ1) is 12.3. The lowest BCUT2D eigenvalue weighted by Crippen LogP contribution is -2.12. The summed E-state index contributed by atoms with van der Waals surface area (Å²) >= 11 is 0. The van der Waals surface area contributed by atoms with Crippen LogP contribution in [0.2, 0.25) is 0 Å². The summed E-state index contributed by atoms with van der Waals surface area (Å²) in [6, 6.07) is 0.887. The Balaban J connectivity index is 3.49. The third-order valence-electron chi connectivity index (χ3n) is 1.65. The van der Waals surface area contributed by atoms with Gasteiger partial charge in [0, 0.05) is 0 Å². The van der Waals surface area contributed by atoms with Crippen LogP contribution in [-0.2, 0) is 6.18 Å². The fraction of sp³-hybridized carbons (Fsp3) is 0.250. The number of nitriles is 1. The van der Waals surface area contributed by atoms with E-state index in [2.05, 4.69) is 4.98 Å². The summed E-state index contributed by atoms with van der Waals surface area (Å²) < 4.78 is 73.7. The number of hydrogen-bond acceptors (Lipinski definition) is 2. The van der Waals surface area contributed by atoms with Gasteiger partial charge in [0.05, 0.1) is 11.1 Å². The Morgan fingerprint density at radius 3 is 2.25 bits per heavy atom. The molecule has 2 nitrogen and oxygen atoms in total. The number of pyridine rings is 1. The second-order valence-electron chi connectivity index (χ2n) is 2.67. The summed E-state index contributed by atoms with van der Waals surface area (Å²) in [6.45, 7) is 0. The maximum atomic E-state index is 12.7. The van der Waals surface area contributed by atoms with E-state index < -0.39 is 35.4 Å². The zero-order valence-electron chi connectivity index (χ0n) is 7.32. The van der Waals surface area contributed by atoms with Gasteiger partial charge in [0.1, 0.15) is 6.07 Å². The average molecular weight is 240 g/mol. The molecule has 0 aromatic carbocycles. The molecule has 1 rings (SSSR count). The molecular formula is C8H2F6N2. The molecule has 0 radical (unpaired) electrons. The third-order valence-corrected chi connectivity index (χ3v) is 1.65. The van der Waals surface area contributed by atoms with Crippen molar-refractivity contribution in [1.29, 1.82) is 5.26 Å². The first-order valence-corrected chi connectivity index (χ1v) is 3.73. The Labute approximate surface area is 85.1 Å². The van der Waals surface area contributed by atoms with Crippen LogP contribution in [0, 0.1) is 17.3 Å². The van der Waals surface area contributed by atoms with E-state index in [1.807, 2.05) is 0 Å². The average Bonchev–Trinajstić information content (AvgIpc) is 2.14. The van der Waals surface area contributed by atoms with Crippen molar-refractivity contribution in [2.24, 2.45) is 0 Å². The van der Waals surface area contributed by atoms with Crippen LogP contribution in [0.1, 0.15) is 23.2 Å². The van der Waals surface area contributed by atoms with Gasteiger partial charge >= 0.3 is 6.18 Å². The molecule has 0 aliphatic rings. The monoisotopic (exact) mass is 240 g/mol. The number of nitrogens with zero attached hydrogens (tertiary/aromatic N) is 2. The van der Waals surface area contributed by atoms with Crippen LogP contribution in [0.5, 0.6) is 0 Å². The Hall–Kier alpha value is -1.78. The molecule has 1 heterocycles. The topological polar surface area (TPSA) is 36.7 Å². The Bertz CT molecular complexity index is 445. The number of hydrogen-bond donors (Lipinski definition) is 0. The molecule has 0 aliphatic heterocycles. The van der Waals surface area contributed by atoms with Crippen LogP contribution in [0.25, 0.3) is 0 Å². The van der Waals surface area contributed by atoms with Crippen LogP contribution in [-0.4, -0.2) is 4.98 Å². The summed E-state index contributed by atoms with van der Waals surface area (Å²) in [7, 11) is 0. The molecule has 0 amide bonds. The lowest BCUT2D eigenvalue weighted by molar-refractivity contribution is -0.138. The van der Waals surface area contributed by atoms with Gasteiger partial charge in [-0.2, -0.15) is 22.8 Å². The number of aromatic nitrogens is 1. The van der Waals surface area contributed by atoms with Crippen molar-refractivity contribution in [3.8, 4) is 6.07 Å². The van der Waals surface area contributed by atoms with Gasteiger partial charge in [-0.25, -0.2) is 13.8 Å². The molecule has 0 fully saturated rings. The molecule has 86 valence electrons. The van der Waals surface area contributed by atoms with Gasteiger partial charge in [-0.1, -0.05) is 0 Å². The van der Waals surface area contributed by atoms with Gasteiger partial charge in [0.2, 0.25) is 5.95 Å². The van der Waals surface area contributed by atoms with Gasteiger partial charge in [0.25, 0.3) is 6.43 Å². The van der Waals surface area contributed by atoms with Crippen molar-refractivity contribution < 1.29 is 26.3 Å². The van der Waals surface area contributed by atoms with Crippen molar-refractivity contribution in [3.63, 3.8) is 0 Å². The van der Waals surface area contributed by atoms with Gasteiger partial charge < -0.3 is 0 Å². The van der Waals surface area contributed by atoms with Gasteiger partial charge in [0.15, 0.2) is 5.69 Å². The fourth-order valence-corrected chi connectivity index (χ4v) is 0.961. The summed E-state index contributed by atoms with van der Waals surface area (Å²) in [5, 5.41) is 8.27. The molecule has 0 unspecified atom stereocenters. The first-order valence-electron chi connectivity index (χ1n) is 3.73. The van der Waals surface area contributed by atoms with Gasteiger partial charge in [-0.15, -0.1) is 0 Å². The normalized spacial score (nSPS) is 11.6. The third kappa shape index (κ3) is 2.24. The minimum absolute atomic E-state index is 0.106. The summed E-state index contributed by atoms with van der Waals surface area (Å²) in [5.41, 5.74) is -4.42. The highest BCUT2D eigenvalue weighted by molar-refractivity contribution is 5.36. The second-order valence-corrected chi connectivity index (χ2v) is 2.67. The van der Waals surface area contributed by atoms with Crippen LogP contribution in [0.15, 0.2) is 6.07 Å². The quantitative estimate of drug-likeness (QED) is 0.558. The predicted molar refractivity (Wildman–Crippen MR) is 38.9 cm³/mol. The molecule has 0 saturated heterocycles. The molecule has 0 saturated carbocycles. The van der Waals surface area contributed by atoms with E-state index in [9.17, 15) is 26.3 Å². The molecule has 8 heteroatoms. The SMILES string of the molecule is N#Cc1nc(F)c(C(F)F)cc1C(F)(F)F. The van der Waals surface area contributed by atoms with E-state index in [1.165, 1.54) is 0 Å². The predicted octanol–water partition coefficient (Wildman–Crippen LogP) is 3.05. The molecule has 0 N–H and O–H groups in total. The standard InChI is InChI=1S/C8H2F6N2/c9-6(10)3-1-4(8(12,13)14)5(2-15)16-7(3)11/h1,6H. The zero-order valence-corrected chi connectivity index (χ0v) is 7.32. The van der Waals surface area contributed by atoms with Crippen molar-refractivity contribution in [3.05, 3.63) is 28.8 Å². The lowest BCUT2D eigenvalue weighted by Gasteiger charge is -2.10. The molecule has 1 aromatic rings. The molecular weight excluding hydrogens is 238 g/mol. The van der Waals surface area contributed by atoms with Crippen LogP contribution in [0.3, 0.4) is 0 Å². The number of alkyl halides is 5. The Kier molecular flexibility index (Phi) is 3.07. The van der Waals surface area contributed by atoms with Gasteiger partial charge in [-0.05, 0) is 6.07 Å². The molecule has 16 heavy (non-hydrogen) atoms. The van der Waals surface area contributed by atoms with Crippen molar-refractivity contribution in [2.75, 3.05) is 0 Å². The van der Waals surface area contributed by atoms with E-state index >= 15 is 0 Å². The van der Waals surface area contributed by atoms with Crippen LogP contribution < -0.4 is 0 Å². The second kappa shape index (κ2) is 4.00. The van der Waals surface area contributed by atoms with E-state index in [-0.39, 0.29) is 6.07 Å². The number of halogens is 6. The van der Waals surface area contributed by atoms with Crippen LogP contribution in [0.4, 0.5) is 26.3 Å². The maximum Gasteiger partial charge on any atom is 0.419 e. The number of rotatable bonds is 1. The van der Waals surface area contributed by atoms with Crippen molar-refractivity contribution in [2.45, 2.75) is 12.6 Å². The molecule has 0 bridgehead atoms. The van der Waals surface area contributed by atoms with E-state index in [0.717, 1.165) is 6.07 Å². The largest absolute Gasteiger partial charge is 0.419 e. The van der Waals surface area contributed by atoms with Crippen molar-refractivity contribution >= 4 is 0 Å². The van der Waals surface area contributed by atoms with E-state index in [1.54, 1.807) is 0 Å². The first-order chi connectivity index (χ1) is 7.27. The fourth-order valence-electron chi connectivity index (χ4n) is 0.961. The summed E-state index contributed by atoms with van der Waals surface area (Å²) in [6.07, 6.45) is -8.46. The molecule has 1 aromatic heterocycles. The smallest absolute Gasteiger partial charge is 0.208 e. The minimum Gasteiger partial charge on any atom is -0.208 e. The molecule has 0 atom stereocenters. The summed E-state index contributed by atoms with van der Waals surface area (Å²) in [4.78, 5) is 2.55. The van der Waals surface area contributed by atoms with Gasteiger partial charge in [-0.3, -0.25) is 0 Å². The summed E-state index contributed by atoms with van der Waals surface area (Å²) in [5.74, 6) is -1.78. The maximum absolute atomic E-state index is 12.7. The van der Waals surface area contributed by atoms with E-state index in [4.69, 9.17) is 5.26 Å². The molecule has 0 aliphatic carbocycles. The zero-order chi connectivity index (χ0) is 12.5. The molecule has 0 spiro atoms. The lowest BCUT2D eigenvalue weighted by atomic mass is 10.1. The van der Waals surface area contributed by atoms with Crippen LogP contribution >= 0.6 is 0 Å². The van der Waals surface area contributed by atoms with Crippen molar-refractivity contribution in [1.82, 2.24) is 4.98 Å². The highest BCUT2D eigenvalue weighted by atomic mass is 19.4. The Morgan fingerprint density at radius 1 is 1.31 bits per heavy atom. The minimum atomic E-state index is -5.03. The Morgan fingerprint density at radius 2 is 1.88 bits per heavy atom.